The van der Waals surface area contributed by atoms with Gasteiger partial charge in [-0.15, -0.1) is 0 Å². The lowest BCUT2D eigenvalue weighted by atomic mass is 9.68. The summed E-state index contributed by atoms with van der Waals surface area (Å²) in [6, 6.07) is -1.05. The third-order valence-electron chi connectivity index (χ3n) is 4.65. The number of carbonyl (C=O) groups excluding carboxylic acids is 2. The number of nitrogens with zero attached hydrogens (tertiary/aromatic N) is 1. The van der Waals surface area contributed by atoms with Gasteiger partial charge < -0.3 is 9.84 Å². The van der Waals surface area contributed by atoms with E-state index in [4.69, 9.17) is 4.74 Å². The lowest BCUT2D eigenvalue weighted by Gasteiger charge is -2.49. The molecule has 0 aromatic heterocycles. The summed E-state index contributed by atoms with van der Waals surface area (Å²) in [6.07, 6.45) is 2.15. The standard InChI is InChI=1S/C14H21NO5/c1-3-11-10-5-4-9(16)6-8(10)7-12(13(17)18)15(11)14(19)20-2/h8,10-12H,3-7H2,1-2H3,(H,17,18)/t8-,10-,11?,12+/m1/s1. The summed E-state index contributed by atoms with van der Waals surface area (Å²) in [7, 11) is 1.27. The van der Waals surface area contributed by atoms with Crippen molar-refractivity contribution in [3.8, 4) is 0 Å². The Hall–Kier alpha value is -1.59. The summed E-state index contributed by atoms with van der Waals surface area (Å²) in [5.41, 5.74) is 0. The number of likely N-dealkylation sites (tertiary alicyclic amines) is 1. The fourth-order valence-corrected chi connectivity index (χ4v) is 3.80. The van der Waals surface area contributed by atoms with E-state index in [1.54, 1.807) is 0 Å². The summed E-state index contributed by atoms with van der Waals surface area (Å²) in [5.74, 6) is -0.544. The first-order valence-electron chi connectivity index (χ1n) is 7.10. The fourth-order valence-electron chi connectivity index (χ4n) is 3.80. The van der Waals surface area contributed by atoms with E-state index >= 15 is 0 Å². The predicted octanol–water partition coefficient (Wildman–Crippen LogP) is 1.68. The van der Waals surface area contributed by atoms with Crippen LogP contribution in [-0.2, 0) is 14.3 Å². The Balaban J connectivity index is 2.31. The smallest absolute Gasteiger partial charge is 0.410 e. The molecule has 0 spiro atoms. The van der Waals surface area contributed by atoms with Crippen LogP contribution in [0.3, 0.4) is 0 Å². The number of carboxylic acids is 1. The van der Waals surface area contributed by atoms with Crippen LogP contribution in [0.4, 0.5) is 4.79 Å². The lowest BCUT2D eigenvalue weighted by Crippen LogP contribution is -2.60. The molecule has 4 atom stereocenters. The molecule has 0 aromatic rings. The number of rotatable bonds is 2. The molecule has 1 unspecified atom stereocenters. The first-order chi connectivity index (χ1) is 9.49. The number of fused-ring (bicyclic) bond motifs is 1. The molecule has 1 heterocycles. The number of ketones is 1. The van der Waals surface area contributed by atoms with Crippen molar-refractivity contribution in [3.05, 3.63) is 0 Å². The number of carbonyl (C=O) groups is 3. The molecule has 112 valence electrons. The Morgan fingerprint density at radius 2 is 2.15 bits per heavy atom. The largest absolute Gasteiger partial charge is 0.480 e. The third-order valence-corrected chi connectivity index (χ3v) is 4.65. The molecule has 1 aliphatic heterocycles. The van der Waals surface area contributed by atoms with Crippen LogP contribution in [-0.4, -0.2) is 47.0 Å². The maximum atomic E-state index is 12.0. The van der Waals surface area contributed by atoms with Crippen molar-refractivity contribution >= 4 is 17.8 Å². The van der Waals surface area contributed by atoms with E-state index in [-0.39, 0.29) is 23.7 Å². The molecular weight excluding hydrogens is 262 g/mol. The number of Topliss-reactive ketones (excluding diaryl/α,β-unsaturated/α-hetero) is 1. The molecule has 2 rings (SSSR count). The molecule has 20 heavy (non-hydrogen) atoms. The average Bonchev–Trinajstić information content (AvgIpc) is 2.43. The molecule has 1 saturated carbocycles. The summed E-state index contributed by atoms with van der Waals surface area (Å²) in [5, 5.41) is 9.39. The highest BCUT2D eigenvalue weighted by Crippen LogP contribution is 2.42. The van der Waals surface area contributed by atoms with Crippen molar-refractivity contribution in [2.75, 3.05) is 7.11 Å². The zero-order valence-corrected chi connectivity index (χ0v) is 11.9. The quantitative estimate of drug-likeness (QED) is 0.833. The summed E-state index contributed by atoms with van der Waals surface area (Å²) in [6.45, 7) is 1.94. The second-order valence-corrected chi connectivity index (χ2v) is 5.65. The summed E-state index contributed by atoms with van der Waals surface area (Å²) in [4.78, 5) is 36.4. The SMILES string of the molecule is CCC1[C@@H]2CCC(=O)C[C@@H]2C[C@@H](C(=O)O)N1C(=O)OC. The molecule has 1 aliphatic carbocycles. The molecule has 0 bridgehead atoms. The minimum Gasteiger partial charge on any atom is -0.480 e. The van der Waals surface area contributed by atoms with Crippen molar-refractivity contribution in [2.45, 2.75) is 51.1 Å². The maximum absolute atomic E-state index is 12.0. The van der Waals surface area contributed by atoms with Gasteiger partial charge in [-0.3, -0.25) is 9.69 Å². The second kappa shape index (κ2) is 5.81. The van der Waals surface area contributed by atoms with Crippen LogP contribution in [0, 0.1) is 11.8 Å². The number of amides is 1. The van der Waals surface area contributed by atoms with E-state index in [0.29, 0.717) is 25.7 Å². The molecule has 1 amide bonds. The number of hydrogen-bond donors (Lipinski definition) is 1. The maximum Gasteiger partial charge on any atom is 0.410 e. The van der Waals surface area contributed by atoms with E-state index in [2.05, 4.69) is 0 Å². The van der Waals surface area contributed by atoms with Gasteiger partial charge in [-0.25, -0.2) is 9.59 Å². The van der Waals surface area contributed by atoms with Gasteiger partial charge in [0.15, 0.2) is 0 Å². The number of carboxylic acid groups (broad SMARTS) is 1. The van der Waals surface area contributed by atoms with Crippen LogP contribution in [0.2, 0.25) is 0 Å². The molecule has 6 nitrogen and oxygen atoms in total. The third kappa shape index (κ3) is 2.51. The minimum atomic E-state index is -1.02. The molecule has 0 radical (unpaired) electrons. The first kappa shape index (κ1) is 14.8. The predicted molar refractivity (Wildman–Crippen MR) is 70.2 cm³/mol. The van der Waals surface area contributed by atoms with Crippen LogP contribution < -0.4 is 0 Å². The molecule has 2 fully saturated rings. The fraction of sp³-hybridized carbons (Fsp3) is 0.786. The van der Waals surface area contributed by atoms with Gasteiger partial charge in [-0.1, -0.05) is 6.92 Å². The Morgan fingerprint density at radius 1 is 1.45 bits per heavy atom. The Morgan fingerprint density at radius 3 is 2.70 bits per heavy atom. The van der Waals surface area contributed by atoms with Gasteiger partial charge in [0.2, 0.25) is 0 Å². The van der Waals surface area contributed by atoms with Gasteiger partial charge in [0.25, 0.3) is 0 Å². The van der Waals surface area contributed by atoms with Crippen molar-refractivity contribution in [2.24, 2.45) is 11.8 Å². The number of hydrogen-bond acceptors (Lipinski definition) is 4. The summed E-state index contributed by atoms with van der Waals surface area (Å²) >= 11 is 0. The Kier molecular flexibility index (Phi) is 4.30. The van der Waals surface area contributed by atoms with Crippen molar-refractivity contribution in [3.63, 3.8) is 0 Å². The van der Waals surface area contributed by atoms with Crippen molar-refractivity contribution < 1.29 is 24.2 Å². The molecule has 1 saturated heterocycles. The van der Waals surface area contributed by atoms with Crippen molar-refractivity contribution in [1.29, 1.82) is 0 Å². The van der Waals surface area contributed by atoms with E-state index in [1.165, 1.54) is 12.0 Å². The van der Waals surface area contributed by atoms with E-state index in [1.807, 2.05) is 6.92 Å². The first-order valence-corrected chi connectivity index (χ1v) is 7.10. The minimum absolute atomic E-state index is 0.0724. The molecular formula is C14H21NO5. The Labute approximate surface area is 118 Å². The monoisotopic (exact) mass is 283 g/mol. The number of ether oxygens (including phenoxy) is 1. The van der Waals surface area contributed by atoms with Crippen LogP contribution in [0.5, 0.6) is 0 Å². The van der Waals surface area contributed by atoms with Gasteiger partial charge in [-0.2, -0.15) is 0 Å². The van der Waals surface area contributed by atoms with Crippen molar-refractivity contribution in [1.82, 2.24) is 4.90 Å². The van der Waals surface area contributed by atoms with Gasteiger partial charge in [0.1, 0.15) is 11.8 Å². The normalized spacial score (nSPS) is 33.5. The topological polar surface area (TPSA) is 83.9 Å². The van der Waals surface area contributed by atoms with Gasteiger partial charge >= 0.3 is 12.1 Å². The van der Waals surface area contributed by atoms with Crippen LogP contribution >= 0.6 is 0 Å². The Bertz CT molecular complexity index is 422. The molecule has 0 aromatic carbocycles. The van der Waals surface area contributed by atoms with Crippen LogP contribution in [0.1, 0.15) is 39.0 Å². The van der Waals surface area contributed by atoms with Crippen LogP contribution in [0.25, 0.3) is 0 Å². The zero-order valence-electron chi connectivity index (χ0n) is 11.9. The average molecular weight is 283 g/mol. The number of methoxy groups -OCH3 is 1. The zero-order chi connectivity index (χ0) is 14.9. The molecule has 2 aliphatic rings. The van der Waals surface area contributed by atoms with Gasteiger partial charge in [0, 0.05) is 18.9 Å². The lowest BCUT2D eigenvalue weighted by molar-refractivity contribution is -0.150. The van der Waals surface area contributed by atoms with E-state index in [0.717, 1.165) is 6.42 Å². The number of aliphatic carboxylic acids is 1. The number of piperidine rings is 1. The highest BCUT2D eigenvalue weighted by molar-refractivity contribution is 5.82. The van der Waals surface area contributed by atoms with E-state index < -0.39 is 18.1 Å². The van der Waals surface area contributed by atoms with Gasteiger partial charge in [0.05, 0.1) is 7.11 Å². The van der Waals surface area contributed by atoms with Gasteiger partial charge in [-0.05, 0) is 31.1 Å². The molecule has 6 heteroatoms. The second-order valence-electron chi connectivity index (χ2n) is 5.65. The summed E-state index contributed by atoms with van der Waals surface area (Å²) < 4.78 is 4.76. The van der Waals surface area contributed by atoms with E-state index in [9.17, 15) is 19.5 Å². The highest BCUT2D eigenvalue weighted by atomic mass is 16.5. The highest BCUT2D eigenvalue weighted by Gasteiger charge is 2.49. The van der Waals surface area contributed by atoms with Crippen LogP contribution in [0.15, 0.2) is 0 Å². The molecule has 1 N–H and O–H groups in total.